The second kappa shape index (κ2) is 19.6. The Kier molecular flexibility index (Phi) is 14.8. The maximum absolute atomic E-state index is 14.0. The van der Waals surface area contributed by atoms with E-state index in [1.165, 1.54) is 23.9 Å². The Morgan fingerprint density at radius 3 is 2.16 bits per heavy atom. The molecule has 0 unspecified atom stereocenters. The summed E-state index contributed by atoms with van der Waals surface area (Å²) in [6.07, 6.45) is 1.09. The molecule has 1 heterocycles. The highest BCUT2D eigenvalue weighted by Crippen LogP contribution is 2.39. The number of nitrogens with zero attached hydrogens (tertiary/aromatic N) is 2. The van der Waals surface area contributed by atoms with E-state index < -0.39 is 58.9 Å². The zero-order chi connectivity index (χ0) is 44.0. The molecule has 1 fully saturated rings. The minimum atomic E-state index is -6.05. The number of benzene rings is 5. The lowest BCUT2D eigenvalue weighted by molar-refractivity contribution is -0.0435. The quantitative estimate of drug-likeness (QED) is 0.0824. The molecule has 17 heteroatoms. The van der Waals surface area contributed by atoms with Crippen molar-refractivity contribution in [2.45, 2.75) is 51.6 Å². The molecule has 324 valence electrons. The van der Waals surface area contributed by atoms with Crippen molar-refractivity contribution in [1.82, 2.24) is 9.62 Å². The van der Waals surface area contributed by atoms with Crippen molar-refractivity contribution in [2.75, 3.05) is 49.7 Å². The SMILES string of the molecule is CN(C)CC[C@H](CSc1ccccc1)Nc1ccc(S(=O)(=O)NC(=O)c2ccc(N3CCC([C@@H](O)c4ccccc4-c4ccc(Cl)cc4)CC3)cc2)cc1S(=O)(=O)C(F)(F)F. The predicted molar refractivity (Wildman–Crippen MR) is 235 cm³/mol. The lowest BCUT2D eigenvalue weighted by atomic mass is 9.84. The van der Waals surface area contributed by atoms with Crippen LogP contribution in [0.1, 0.15) is 41.3 Å². The maximum atomic E-state index is 14.0. The molecule has 61 heavy (non-hydrogen) atoms. The summed E-state index contributed by atoms with van der Waals surface area (Å²) in [7, 11) is -7.25. The number of aliphatic hydroxyl groups excluding tert-OH is 1. The summed E-state index contributed by atoms with van der Waals surface area (Å²) in [4.78, 5) is 16.0. The third-order valence-corrected chi connectivity index (χ3v) is 14.8. The number of hydrogen-bond donors (Lipinski definition) is 3. The molecule has 1 saturated heterocycles. The van der Waals surface area contributed by atoms with Crippen molar-refractivity contribution in [2.24, 2.45) is 5.92 Å². The number of carbonyl (C=O) groups excluding carboxylic acids is 1. The molecule has 3 N–H and O–H groups in total. The normalized spacial score (nSPS) is 15.0. The van der Waals surface area contributed by atoms with Crippen LogP contribution in [0, 0.1) is 5.92 Å². The summed E-state index contributed by atoms with van der Waals surface area (Å²) in [5.41, 5.74) is -2.73. The van der Waals surface area contributed by atoms with Crippen molar-refractivity contribution in [3.63, 3.8) is 0 Å². The number of sulfonamides is 1. The van der Waals surface area contributed by atoms with Crippen LogP contribution in [0.5, 0.6) is 0 Å². The Morgan fingerprint density at radius 2 is 1.52 bits per heavy atom. The number of anilines is 2. The molecule has 5 aromatic carbocycles. The van der Waals surface area contributed by atoms with Gasteiger partial charge >= 0.3 is 5.51 Å². The van der Waals surface area contributed by atoms with Crippen LogP contribution >= 0.6 is 23.4 Å². The summed E-state index contributed by atoms with van der Waals surface area (Å²) in [5.74, 6) is -0.711. The highest BCUT2D eigenvalue weighted by molar-refractivity contribution is 7.99. The van der Waals surface area contributed by atoms with Crippen LogP contribution in [0.4, 0.5) is 24.5 Å². The van der Waals surface area contributed by atoms with Gasteiger partial charge in [0, 0.05) is 46.1 Å². The molecule has 0 spiro atoms. The lowest BCUT2D eigenvalue weighted by Gasteiger charge is -2.36. The van der Waals surface area contributed by atoms with Gasteiger partial charge in [0.25, 0.3) is 25.8 Å². The highest BCUT2D eigenvalue weighted by atomic mass is 35.5. The van der Waals surface area contributed by atoms with Gasteiger partial charge in [-0.25, -0.2) is 21.6 Å². The number of carbonyl (C=O) groups is 1. The van der Waals surface area contributed by atoms with Gasteiger partial charge in [-0.15, -0.1) is 11.8 Å². The number of sulfone groups is 1. The second-order valence-corrected chi connectivity index (χ2v) is 20.1. The predicted octanol–water partition coefficient (Wildman–Crippen LogP) is 8.89. The minimum absolute atomic E-state index is 0.0143. The molecule has 0 saturated carbocycles. The van der Waals surface area contributed by atoms with E-state index >= 15 is 0 Å². The van der Waals surface area contributed by atoms with Crippen molar-refractivity contribution in [3.8, 4) is 11.1 Å². The smallest absolute Gasteiger partial charge is 0.388 e. The van der Waals surface area contributed by atoms with Crippen molar-refractivity contribution < 1.29 is 39.9 Å². The van der Waals surface area contributed by atoms with E-state index in [1.54, 1.807) is 12.1 Å². The van der Waals surface area contributed by atoms with Crippen LogP contribution in [-0.4, -0.2) is 83.8 Å². The van der Waals surface area contributed by atoms with Gasteiger partial charge < -0.3 is 20.2 Å². The van der Waals surface area contributed by atoms with E-state index in [1.807, 2.05) is 103 Å². The van der Waals surface area contributed by atoms with E-state index in [4.69, 9.17) is 11.6 Å². The molecular formula is C44H46ClF3N4O6S3. The Bertz CT molecular complexity index is 2500. The number of amides is 1. The van der Waals surface area contributed by atoms with Gasteiger partial charge in [-0.2, -0.15) is 13.2 Å². The Balaban J connectivity index is 1.13. The van der Waals surface area contributed by atoms with Crippen molar-refractivity contribution in [1.29, 1.82) is 0 Å². The van der Waals surface area contributed by atoms with E-state index in [2.05, 4.69) is 10.2 Å². The van der Waals surface area contributed by atoms with Crippen LogP contribution in [-0.2, 0) is 19.9 Å². The summed E-state index contributed by atoms with van der Waals surface area (Å²) in [5, 5.41) is 15.0. The fraction of sp³-hybridized carbons (Fsp3) is 0.295. The summed E-state index contributed by atoms with van der Waals surface area (Å²) in [6, 6.07) is 32.5. The molecule has 5 aromatic rings. The minimum Gasteiger partial charge on any atom is -0.388 e. The molecule has 0 bridgehead atoms. The Labute approximate surface area is 364 Å². The van der Waals surface area contributed by atoms with Gasteiger partial charge in [0.05, 0.1) is 16.7 Å². The van der Waals surface area contributed by atoms with Crippen LogP contribution in [0.25, 0.3) is 11.1 Å². The number of aliphatic hydroxyl groups is 1. The lowest BCUT2D eigenvalue weighted by Crippen LogP contribution is -2.36. The zero-order valence-electron chi connectivity index (χ0n) is 33.3. The molecule has 1 aliphatic rings. The number of thioether (sulfide) groups is 1. The van der Waals surface area contributed by atoms with E-state index in [-0.39, 0.29) is 11.5 Å². The fourth-order valence-electron chi connectivity index (χ4n) is 7.12. The molecule has 0 aromatic heterocycles. The van der Waals surface area contributed by atoms with Gasteiger partial charge in [-0.05, 0) is 129 Å². The van der Waals surface area contributed by atoms with Gasteiger partial charge in [0.15, 0.2) is 0 Å². The largest absolute Gasteiger partial charge is 0.501 e. The summed E-state index contributed by atoms with van der Waals surface area (Å²) < 4.78 is 96.7. The zero-order valence-corrected chi connectivity index (χ0v) is 36.6. The van der Waals surface area contributed by atoms with E-state index in [0.717, 1.165) is 39.4 Å². The van der Waals surface area contributed by atoms with Gasteiger partial charge in [0.2, 0.25) is 0 Å². The second-order valence-electron chi connectivity index (χ2n) is 15.0. The molecular weight excluding hydrogens is 869 g/mol. The van der Waals surface area contributed by atoms with E-state index in [0.29, 0.717) is 55.7 Å². The third kappa shape index (κ3) is 11.5. The Hall–Kier alpha value is -4.58. The van der Waals surface area contributed by atoms with Crippen LogP contribution < -0.4 is 14.9 Å². The van der Waals surface area contributed by atoms with Crippen molar-refractivity contribution in [3.05, 3.63) is 137 Å². The fourth-order valence-corrected chi connectivity index (χ4v) is 10.3. The first-order valence-corrected chi connectivity index (χ1v) is 23.8. The number of halogens is 4. The molecule has 2 atom stereocenters. The topological polar surface area (TPSA) is 136 Å². The number of piperidine rings is 1. The van der Waals surface area contributed by atoms with Gasteiger partial charge in [-0.1, -0.05) is 66.2 Å². The summed E-state index contributed by atoms with van der Waals surface area (Å²) >= 11 is 7.52. The number of rotatable bonds is 16. The molecule has 0 aliphatic carbocycles. The average Bonchev–Trinajstić information content (AvgIpc) is 3.24. The first-order chi connectivity index (χ1) is 28.9. The number of nitrogens with one attached hydrogen (secondary N) is 2. The van der Waals surface area contributed by atoms with Gasteiger partial charge in [0.1, 0.15) is 4.90 Å². The Morgan fingerprint density at radius 1 is 0.885 bits per heavy atom. The maximum Gasteiger partial charge on any atom is 0.501 e. The first kappa shape index (κ1) is 45.9. The van der Waals surface area contributed by atoms with Crippen LogP contribution in [0.3, 0.4) is 0 Å². The monoisotopic (exact) mass is 914 g/mol. The molecule has 0 radical (unpaired) electrons. The van der Waals surface area contributed by atoms with Crippen LogP contribution in [0.2, 0.25) is 5.02 Å². The average molecular weight is 916 g/mol. The molecule has 1 aliphatic heterocycles. The first-order valence-electron chi connectivity index (χ1n) is 19.4. The number of alkyl halides is 3. The van der Waals surface area contributed by atoms with E-state index in [9.17, 15) is 39.9 Å². The molecule has 10 nitrogen and oxygen atoms in total. The number of hydrogen-bond acceptors (Lipinski definition) is 10. The van der Waals surface area contributed by atoms with Crippen LogP contribution in [0.15, 0.2) is 136 Å². The molecule has 1 amide bonds. The summed E-state index contributed by atoms with van der Waals surface area (Å²) in [6.45, 7) is 1.75. The van der Waals surface area contributed by atoms with Gasteiger partial charge in [-0.3, -0.25) is 4.79 Å². The third-order valence-electron chi connectivity index (χ3n) is 10.5. The van der Waals surface area contributed by atoms with Crippen molar-refractivity contribution >= 4 is 60.5 Å². The molecule has 6 rings (SSSR count). The highest BCUT2D eigenvalue weighted by Gasteiger charge is 2.48. The standard InChI is InChI=1S/C44H46ClF3N4O6S3/c1-51(2)25-24-34(29-59-36-8-4-3-5-9-36)49-40-21-20-37(28-41(40)60(55,56)44(46,47)48)61(57,58)50-43(54)32-14-18-35(19-15-32)52-26-22-31(23-27-52)42(53)39-11-7-6-10-38(39)30-12-16-33(45)17-13-30/h3-21,28,31,34,42,49,53H,22-27,29H2,1-2H3,(H,50,54)/t34-,42-/m1/s1.